The standard InChI is InChI=1S/C12H24N2O3S/c1-11(2,3)10(16)13-6-9(15)14-7-12(4,17)8-18-5/h17H,6-8H2,1-5H3,(H,13,16)(H,14,15). The lowest BCUT2D eigenvalue weighted by molar-refractivity contribution is -0.131. The summed E-state index contributed by atoms with van der Waals surface area (Å²) in [7, 11) is 0. The van der Waals surface area contributed by atoms with E-state index >= 15 is 0 Å². The Hall–Kier alpha value is -0.750. The van der Waals surface area contributed by atoms with E-state index in [-0.39, 0.29) is 24.9 Å². The van der Waals surface area contributed by atoms with Gasteiger partial charge in [0.15, 0.2) is 0 Å². The molecule has 5 nitrogen and oxygen atoms in total. The third-order valence-electron chi connectivity index (χ3n) is 2.21. The number of hydrogen-bond donors (Lipinski definition) is 3. The highest BCUT2D eigenvalue weighted by molar-refractivity contribution is 7.98. The van der Waals surface area contributed by atoms with Crippen LogP contribution in [-0.2, 0) is 9.59 Å². The fraction of sp³-hybridized carbons (Fsp3) is 0.833. The highest BCUT2D eigenvalue weighted by Crippen LogP contribution is 2.12. The minimum absolute atomic E-state index is 0.0640. The van der Waals surface area contributed by atoms with Crippen LogP contribution in [0.5, 0.6) is 0 Å². The summed E-state index contributed by atoms with van der Waals surface area (Å²) >= 11 is 1.51. The summed E-state index contributed by atoms with van der Waals surface area (Å²) in [5, 5.41) is 15.0. The number of thioether (sulfide) groups is 1. The van der Waals surface area contributed by atoms with E-state index in [9.17, 15) is 14.7 Å². The molecule has 0 aliphatic rings. The molecule has 106 valence electrons. The number of rotatable bonds is 6. The van der Waals surface area contributed by atoms with Crippen molar-refractivity contribution < 1.29 is 14.7 Å². The zero-order chi connectivity index (χ0) is 14.4. The van der Waals surface area contributed by atoms with Crippen LogP contribution in [0.1, 0.15) is 27.7 Å². The van der Waals surface area contributed by atoms with Crippen LogP contribution in [0.2, 0.25) is 0 Å². The van der Waals surface area contributed by atoms with Crippen LogP contribution in [0.4, 0.5) is 0 Å². The van der Waals surface area contributed by atoms with E-state index in [0.717, 1.165) is 0 Å². The van der Waals surface area contributed by atoms with Crippen molar-refractivity contribution in [1.29, 1.82) is 0 Å². The van der Waals surface area contributed by atoms with E-state index < -0.39 is 11.0 Å². The van der Waals surface area contributed by atoms with E-state index in [1.165, 1.54) is 11.8 Å². The number of amides is 2. The molecular formula is C12H24N2O3S. The Morgan fingerprint density at radius 3 is 2.17 bits per heavy atom. The Bertz CT molecular complexity index is 298. The molecule has 0 heterocycles. The first-order valence-electron chi connectivity index (χ1n) is 5.85. The van der Waals surface area contributed by atoms with Crippen molar-refractivity contribution in [3.63, 3.8) is 0 Å². The fourth-order valence-corrected chi connectivity index (χ4v) is 1.86. The first kappa shape index (κ1) is 17.2. The molecule has 0 aliphatic carbocycles. The number of aliphatic hydroxyl groups is 1. The molecule has 0 aromatic rings. The third-order valence-corrected chi connectivity index (χ3v) is 3.12. The molecule has 3 N–H and O–H groups in total. The van der Waals surface area contributed by atoms with Gasteiger partial charge < -0.3 is 15.7 Å². The number of nitrogens with one attached hydrogen (secondary N) is 2. The molecule has 0 rings (SSSR count). The van der Waals surface area contributed by atoms with Gasteiger partial charge in [-0.25, -0.2) is 0 Å². The molecule has 2 amide bonds. The number of hydrogen-bond acceptors (Lipinski definition) is 4. The van der Waals surface area contributed by atoms with Crippen LogP contribution in [0, 0.1) is 5.41 Å². The second kappa shape index (κ2) is 6.99. The summed E-state index contributed by atoms with van der Waals surface area (Å²) in [4.78, 5) is 23.0. The highest BCUT2D eigenvalue weighted by atomic mass is 32.2. The zero-order valence-electron chi connectivity index (χ0n) is 11.8. The molecule has 18 heavy (non-hydrogen) atoms. The van der Waals surface area contributed by atoms with Gasteiger partial charge in [-0.15, -0.1) is 0 Å². The molecule has 0 aromatic carbocycles. The fourth-order valence-electron chi connectivity index (χ4n) is 1.14. The van der Waals surface area contributed by atoms with Gasteiger partial charge in [0.25, 0.3) is 0 Å². The van der Waals surface area contributed by atoms with Gasteiger partial charge in [0.1, 0.15) is 0 Å². The van der Waals surface area contributed by atoms with Crippen molar-refractivity contribution in [2.45, 2.75) is 33.3 Å². The molecule has 6 heteroatoms. The Morgan fingerprint density at radius 1 is 1.17 bits per heavy atom. The maximum atomic E-state index is 11.5. The summed E-state index contributed by atoms with van der Waals surface area (Å²) in [5.74, 6) is 0.0734. The SMILES string of the molecule is CSCC(C)(O)CNC(=O)CNC(=O)C(C)(C)C. The molecule has 0 fully saturated rings. The maximum absolute atomic E-state index is 11.5. The molecule has 0 saturated carbocycles. The van der Waals surface area contributed by atoms with Gasteiger partial charge in [-0.2, -0.15) is 11.8 Å². The van der Waals surface area contributed by atoms with Crippen LogP contribution < -0.4 is 10.6 Å². The van der Waals surface area contributed by atoms with Crippen molar-refractivity contribution in [3.8, 4) is 0 Å². The topological polar surface area (TPSA) is 78.4 Å². The molecule has 1 atom stereocenters. The van der Waals surface area contributed by atoms with Crippen molar-refractivity contribution in [2.24, 2.45) is 5.41 Å². The molecule has 0 bridgehead atoms. The lowest BCUT2D eigenvalue weighted by Crippen LogP contribution is -2.47. The van der Waals surface area contributed by atoms with Crippen molar-refractivity contribution in [2.75, 3.05) is 25.1 Å². The first-order valence-corrected chi connectivity index (χ1v) is 7.24. The molecule has 0 radical (unpaired) electrons. The molecular weight excluding hydrogens is 252 g/mol. The lowest BCUT2D eigenvalue weighted by atomic mass is 9.96. The van der Waals surface area contributed by atoms with Crippen LogP contribution in [0.15, 0.2) is 0 Å². The Morgan fingerprint density at radius 2 is 1.72 bits per heavy atom. The van der Waals surface area contributed by atoms with Crippen LogP contribution in [-0.4, -0.2) is 47.6 Å². The largest absolute Gasteiger partial charge is 0.387 e. The van der Waals surface area contributed by atoms with Crippen LogP contribution in [0.25, 0.3) is 0 Å². The van der Waals surface area contributed by atoms with Gasteiger partial charge in [0, 0.05) is 17.7 Å². The average Bonchev–Trinajstić information content (AvgIpc) is 2.21. The molecule has 0 aromatic heterocycles. The number of carbonyl (C=O) groups is 2. The average molecular weight is 276 g/mol. The van der Waals surface area contributed by atoms with E-state index in [1.54, 1.807) is 27.7 Å². The normalized spacial score (nSPS) is 14.8. The van der Waals surface area contributed by atoms with Crippen molar-refractivity contribution >= 4 is 23.6 Å². The van der Waals surface area contributed by atoms with E-state index in [2.05, 4.69) is 10.6 Å². The van der Waals surface area contributed by atoms with E-state index in [4.69, 9.17) is 0 Å². The van der Waals surface area contributed by atoms with Gasteiger partial charge in [-0.1, -0.05) is 20.8 Å². The van der Waals surface area contributed by atoms with Gasteiger partial charge in [0.05, 0.1) is 12.1 Å². The Kier molecular flexibility index (Phi) is 6.70. The summed E-state index contributed by atoms with van der Waals surface area (Å²) < 4.78 is 0. The highest BCUT2D eigenvalue weighted by Gasteiger charge is 2.23. The first-order chi connectivity index (χ1) is 8.08. The third kappa shape index (κ3) is 7.55. The molecule has 0 spiro atoms. The Labute approximate surface area is 113 Å². The van der Waals surface area contributed by atoms with Gasteiger partial charge in [0.2, 0.25) is 11.8 Å². The monoisotopic (exact) mass is 276 g/mol. The smallest absolute Gasteiger partial charge is 0.239 e. The van der Waals surface area contributed by atoms with Crippen LogP contribution >= 0.6 is 11.8 Å². The summed E-state index contributed by atoms with van der Waals surface area (Å²) in [6, 6.07) is 0. The zero-order valence-corrected chi connectivity index (χ0v) is 12.6. The Balaban J connectivity index is 3.97. The second-order valence-electron chi connectivity index (χ2n) is 5.64. The van der Waals surface area contributed by atoms with E-state index in [1.807, 2.05) is 6.26 Å². The maximum Gasteiger partial charge on any atom is 0.239 e. The summed E-state index contributed by atoms with van der Waals surface area (Å²) in [6.45, 7) is 7.12. The van der Waals surface area contributed by atoms with Gasteiger partial charge in [-0.3, -0.25) is 9.59 Å². The van der Waals surface area contributed by atoms with Gasteiger partial charge in [-0.05, 0) is 13.2 Å². The molecule has 1 unspecified atom stereocenters. The molecule has 0 saturated heterocycles. The number of carbonyl (C=O) groups excluding carboxylic acids is 2. The van der Waals surface area contributed by atoms with Crippen molar-refractivity contribution in [1.82, 2.24) is 10.6 Å². The minimum Gasteiger partial charge on any atom is -0.387 e. The lowest BCUT2D eigenvalue weighted by Gasteiger charge is -2.23. The van der Waals surface area contributed by atoms with Crippen molar-refractivity contribution in [3.05, 3.63) is 0 Å². The predicted molar refractivity (Wildman–Crippen MR) is 74.5 cm³/mol. The molecule has 0 aliphatic heterocycles. The summed E-state index contributed by atoms with van der Waals surface area (Å²) in [5.41, 5.74) is -1.44. The summed E-state index contributed by atoms with van der Waals surface area (Å²) in [6.07, 6.45) is 1.89. The van der Waals surface area contributed by atoms with E-state index in [0.29, 0.717) is 5.75 Å². The second-order valence-corrected chi connectivity index (χ2v) is 6.51. The van der Waals surface area contributed by atoms with Crippen LogP contribution in [0.3, 0.4) is 0 Å². The minimum atomic E-state index is -0.927. The quantitative estimate of drug-likeness (QED) is 0.655. The predicted octanol–water partition coefficient (Wildman–Crippen LogP) is 0.379. The van der Waals surface area contributed by atoms with Gasteiger partial charge >= 0.3 is 0 Å².